The summed E-state index contributed by atoms with van der Waals surface area (Å²) in [5.41, 5.74) is 0. The Balaban J connectivity index is 2.46. The Kier molecular flexibility index (Phi) is 6.67. The number of hydrogen-bond donors (Lipinski definition) is 3. The molecule has 7 nitrogen and oxygen atoms in total. The Hall–Kier alpha value is -2.09. The molecule has 1 aromatic rings. The quantitative estimate of drug-likeness (QED) is 0.643. The maximum atomic E-state index is 11.6. The molecule has 0 aliphatic rings. The van der Waals surface area contributed by atoms with Gasteiger partial charge in [-0.3, -0.25) is 9.59 Å². The molecule has 0 heterocycles. The van der Waals surface area contributed by atoms with Gasteiger partial charge < -0.3 is 20.3 Å². The summed E-state index contributed by atoms with van der Waals surface area (Å²) in [5.74, 6) is -2.59. The van der Waals surface area contributed by atoms with Gasteiger partial charge in [-0.15, -0.1) is 0 Å². The molecule has 0 aliphatic heterocycles. The fraction of sp³-hybridized carbons (Fsp3) is 0.308. The average Bonchev–Trinajstić information content (AvgIpc) is 2.40. The summed E-state index contributed by atoms with van der Waals surface area (Å²) in [6, 6.07) is 5.58. The van der Waals surface area contributed by atoms with Crippen LogP contribution < -0.4 is 10.1 Å². The van der Waals surface area contributed by atoms with Crippen LogP contribution in [-0.2, 0) is 14.4 Å². The molecule has 21 heavy (non-hydrogen) atoms. The van der Waals surface area contributed by atoms with Gasteiger partial charge in [-0.25, -0.2) is 4.79 Å². The van der Waals surface area contributed by atoms with E-state index in [0.29, 0.717) is 5.75 Å². The van der Waals surface area contributed by atoms with Gasteiger partial charge in [-0.1, -0.05) is 22.0 Å². The van der Waals surface area contributed by atoms with Gasteiger partial charge >= 0.3 is 11.9 Å². The van der Waals surface area contributed by atoms with Crippen LogP contribution in [0, 0.1) is 0 Å². The molecule has 0 bridgehead atoms. The van der Waals surface area contributed by atoms with E-state index in [-0.39, 0.29) is 19.4 Å². The lowest BCUT2D eigenvalue weighted by atomic mass is 10.1. The molecule has 1 amide bonds. The standard InChI is InChI=1S/C13H14BrNO6/c14-8-2-1-3-9(6-8)21-7-11(16)15-10(13(19)20)4-5-12(17)18/h1-3,6,10H,4-5,7H2,(H,15,16)(H,17,18)(H,19,20). The van der Waals surface area contributed by atoms with Gasteiger partial charge in [0.05, 0.1) is 0 Å². The maximum Gasteiger partial charge on any atom is 0.326 e. The molecule has 114 valence electrons. The maximum absolute atomic E-state index is 11.6. The molecule has 1 rings (SSSR count). The molecule has 0 spiro atoms. The van der Waals surface area contributed by atoms with Crippen LogP contribution in [-0.4, -0.2) is 40.7 Å². The minimum atomic E-state index is -1.29. The second-order valence-electron chi connectivity index (χ2n) is 4.14. The van der Waals surface area contributed by atoms with Crippen LogP contribution in [0.5, 0.6) is 5.75 Å². The van der Waals surface area contributed by atoms with Crippen molar-refractivity contribution in [2.24, 2.45) is 0 Å². The summed E-state index contributed by atoms with van der Waals surface area (Å²) in [7, 11) is 0. The second-order valence-corrected chi connectivity index (χ2v) is 5.05. The summed E-state index contributed by atoms with van der Waals surface area (Å²) in [6.45, 7) is -0.354. The van der Waals surface area contributed by atoms with Crippen LogP contribution >= 0.6 is 15.9 Å². The first-order valence-corrected chi connectivity index (χ1v) is 6.80. The zero-order valence-electron chi connectivity index (χ0n) is 10.9. The van der Waals surface area contributed by atoms with E-state index in [2.05, 4.69) is 21.2 Å². The fourth-order valence-electron chi connectivity index (χ4n) is 1.47. The molecular weight excluding hydrogens is 346 g/mol. The number of ether oxygens (including phenoxy) is 1. The van der Waals surface area contributed by atoms with E-state index in [9.17, 15) is 14.4 Å². The number of aliphatic carboxylic acids is 2. The van der Waals surface area contributed by atoms with Gasteiger partial charge in [0.25, 0.3) is 5.91 Å². The van der Waals surface area contributed by atoms with Gasteiger partial charge in [-0.05, 0) is 24.6 Å². The Morgan fingerprint density at radius 2 is 2.00 bits per heavy atom. The van der Waals surface area contributed by atoms with Crippen LogP contribution in [0.25, 0.3) is 0 Å². The number of rotatable bonds is 8. The average molecular weight is 360 g/mol. The minimum Gasteiger partial charge on any atom is -0.484 e. The van der Waals surface area contributed by atoms with Gasteiger partial charge in [0.1, 0.15) is 11.8 Å². The molecule has 0 radical (unpaired) electrons. The summed E-state index contributed by atoms with van der Waals surface area (Å²) in [6.07, 6.45) is -0.531. The van der Waals surface area contributed by atoms with E-state index in [1.807, 2.05) is 0 Å². The molecule has 8 heteroatoms. The number of carboxylic acids is 2. The number of carbonyl (C=O) groups is 3. The van der Waals surface area contributed by atoms with Gasteiger partial charge in [0.15, 0.2) is 6.61 Å². The highest BCUT2D eigenvalue weighted by Crippen LogP contribution is 2.17. The SMILES string of the molecule is O=C(O)CCC(NC(=O)COc1cccc(Br)c1)C(=O)O. The zero-order valence-corrected chi connectivity index (χ0v) is 12.5. The van der Waals surface area contributed by atoms with Crippen molar-refractivity contribution in [3.63, 3.8) is 0 Å². The van der Waals surface area contributed by atoms with Crippen LogP contribution in [0.4, 0.5) is 0 Å². The summed E-state index contributed by atoms with van der Waals surface area (Å²) < 4.78 is 5.99. The number of carbonyl (C=O) groups excluding carboxylic acids is 1. The van der Waals surface area contributed by atoms with Crippen molar-refractivity contribution in [1.29, 1.82) is 0 Å². The highest BCUT2D eigenvalue weighted by atomic mass is 79.9. The Morgan fingerprint density at radius 1 is 1.29 bits per heavy atom. The lowest BCUT2D eigenvalue weighted by Gasteiger charge is -2.14. The van der Waals surface area contributed by atoms with Crippen molar-refractivity contribution in [3.8, 4) is 5.75 Å². The first-order chi connectivity index (χ1) is 9.88. The van der Waals surface area contributed by atoms with Gasteiger partial charge in [0, 0.05) is 10.9 Å². The predicted octanol–water partition coefficient (Wildman–Crippen LogP) is 1.26. The van der Waals surface area contributed by atoms with E-state index in [1.54, 1.807) is 24.3 Å². The van der Waals surface area contributed by atoms with E-state index < -0.39 is 23.9 Å². The summed E-state index contributed by atoms with van der Waals surface area (Å²) in [4.78, 5) is 32.9. The number of benzene rings is 1. The molecule has 1 aromatic carbocycles. The van der Waals surface area contributed by atoms with Gasteiger partial charge in [0.2, 0.25) is 0 Å². The molecule has 1 atom stereocenters. The molecular formula is C13H14BrNO6. The number of halogens is 1. The zero-order chi connectivity index (χ0) is 15.8. The van der Waals surface area contributed by atoms with Gasteiger partial charge in [-0.2, -0.15) is 0 Å². The predicted molar refractivity (Wildman–Crippen MR) is 76.1 cm³/mol. The van der Waals surface area contributed by atoms with Crippen molar-refractivity contribution < 1.29 is 29.3 Å². The van der Waals surface area contributed by atoms with E-state index in [1.165, 1.54) is 0 Å². The topological polar surface area (TPSA) is 113 Å². The van der Waals surface area contributed by atoms with Crippen LogP contribution in [0.1, 0.15) is 12.8 Å². The molecule has 3 N–H and O–H groups in total. The third kappa shape index (κ3) is 6.75. The first-order valence-electron chi connectivity index (χ1n) is 6.01. The second kappa shape index (κ2) is 8.25. The Labute approximate surface area is 129 Å². The monoisotopic (exact) mass is 359 g/mol. The molecule has 0 saturated carbocycles. The third-order valence-electron chi connectivity index (χ3n) is 2.45. The van der Waals surface area contributed by atoms with E-state index in [4.69, 9.17) is 14.9 Å². The number of nitrogens with one attached hydrogen (secondary N) is 1. The first kappa shape index (κ1) is 17.0. The fourth-order valence-corrected chi connectivity index (χ4v) is 1.85. The Morgan fingerprint density at radius 3 is 2.57 bits per heavy atom. The van der Waals surface area contributed by atoms with Crippen molar-refractivity contribution in [2.45, 2.75) is 18.9 Å². The van der Waals surface area contributed by atoms with Crippen LogP contribution in [0.3, 0.4) is 0 Å². The minimum absolute atomic E-state index is 0.187. The van der Waals surface area contributed by atoms with E-state index >= 15 is 0 Å². The normalized spacial score (nSPS) is 11.5. The number of carboxylic acid groups (broad SMARTS) is 2. The lowest BCUT2D eigenvalue weighted by molar-refractivity contribution is -0.143. The highest BCUT2D eigenvalue weighted by molar-refractivity contribution is 9.10. The molecule has 0 fully saturated rings. The van der Waals surface area contributed by atoms with Crippen molar-refractivity contribution in [3.05, 3.63) is 28.7 Å². The summed E-state index contributed by atoms with van der Waals surface area (Å²) >= 11 is 3.25. The Bertz CT molecular complexity index is 533. The molecule has 1 unspecified atom stereocenters. The largest absolute Gasteiger partial charge is 0.484 e. The van der Waals surface area contributed by atoms with E-state index in [0.717, 1.165) is 4.47 Å². The highest BCUT2D eigenvalue weighted by Gasteiger charge is 2.21. The van der Waals surface area contributed by atoms with Crippen LogP contribution in [0.2, 0.25) is 0 Å². The van der Waals surface area contributed by atoms with Crippen molar-refractivity contribution in [1.82, 2.24) is 5.32 Å². The van der Waals surface area contributed by atoms with Crippen molar-refractivity contribution in [2.75, 3.05) is 6.61 Å². The number of hydrogen-bond acceptors (Lipinski definition) is 4. The van der Waals surface area contributed by atoms with Crippen LogP contribution in [0.15, 0.2) is 28.7 Å². The smallest absolute Gasteiger partial charge is 0.326 e. The summed E-state index contributed by atoms with van der Waals surface area (Å²) in [5, 5.41) is 19.6. The molecule has 0 saturated heterocycles. The number of amides is 1. The van der Waals surface area contributed by atoms with Crippen molar-refractivity contribution >= 4 is 33.8 Å². The molecule has 0 aromatic heterocycles. The lowest BCUT2D eigenvalue weighted by Crippen LogP contribution is -2.43. The molecule has 0 aliphatic carbocycles. The third-order valence-corrected chi connectivity index (χ3v) is 2.94.